The van der Waals surface area contributed by atoms with Crippen LogP contribution in [0.25, 0.3) is 0 Å². The standard InChI is InChI=1S/C25H30N4O5S2/c1-17-11-12-20(36(32,33)28(2)3)14-21(17)27-25-29(16-19-10-7-13-34-19)24(31)22(35-25)15-23(30)26-18-8-5-4-6-9-18/h4-6,8-9,11-12,14,19,22H,7,10,13,15-16H2,1-3H3,(H,26,30)/t19-,22+/m1/s1. The molecule has 0 unspecified atom stereocenters. The third kappa shape index (κ3) is 5.97. The second kappa shape index (κ2) is 11.1. The maximum absolute atomic E-state index is 13.4. The Morgan fingerprint density at radius 3 is 2.64 bits per heavy atom. The van der Waals surface area contributed by atoms with Gasteiger partial charge in [-0.05, 0) is 49.6 Å². The van der Waals surface area contributed by atoms with Crippen molar-refractivity contribution in [3.05, 3.63) is 54.1 Å². The fourth-order valence-electron chi connectivity index (χ4n) is 3.97. The summed E-state index contributed by atoms with van der Waals surface area (Å²) in [6.45, 7) is 2.83. The van der Waals surface area contributed by atoms with Crippen LogP contribution in [0.5, 0.6) is 0 Å². The van der Waals surface area contributed by atoms with E-state index < -0.39 is 15.3 Å². The van der Waals surface area contributed by atoms with Crippen molar-refractivity contribution in [3.8, 4) is 0 Å². The number of carbonyl (C=O) groups excluding carboxylic acids is 2. The lowest BCUT2D eigenvalue weighted by Crippen LogP contribution is -2.38. The van der Waals surface area contributed by atoms with Crippen LogP contribution in [0.4, 0.5) is 11.4 Å². The fraction of sp³-hybridized carbons (Fsp3) is 0.400. The Kier molecular flexibility index (Phi) is 8.13. The SMILES string of the molecule is Cc1ccc(S(=O)(=O)N(C)C)cc1N=C1S[C@@H](CC(=O)Nc2ccccc2)C(=O)N1C[C@H]1CCCO1. The van der Waals surface area contributed by atoms with Crippen molar-refractivity contribution in [2.45, 2.75) is 42.4 Å². The molecule has 0 radical (unpaired) electrons. The van der Waals surface area contributed by atoms with Crippen LogP contribution >= 0.6 is 11.8 Å². The van der Waals surface area contributed by atoms with E-state index in [4.69, 9.17) is 9.73 Å². The van der Waals surface area contributed by atoms with Crippen LogP contribution in [0, 0.1) is 6.92 Å². The number of amides is 2. The molecule has 11 heteroatoms. The van der Waals surface area contributed by atoms with Crippen LogP contribution in [0.3, 0.4) is 0 Å². The maximum atomic E-state index is 13.4. The maximum Gasteiger partial charge on any atom is 0.242 e. The number of rotatable bonds is 8. The molecule has 2 atom stereocenters. The van der Waals surface area contributed by atoms with Crippen LogP contribution in [0.1, 0.15) is 24.8 Å². The van der Waals surface area contributed by atoms with E-state index in [1.54, 1.807) is 29.2 Å². The van der Waals surface area contributed by atoms with Gasteiger partial charge in [0.2, 0.25) is 21.8 Å². The Morgan fingerprint density at radius 2 is 1.97 bits per heavy atom. The number of para-hydroxylation sites is 1. The molecule has 0 aromatic heterocycles. The molecule has 2 saturated heterocycles. The topological polar surface area (TPSA) is 108 Å². The van der Waals surface area contributed by atoms with E-state index in [0.29, 0.717) is 29.7 Å². The van der Waals surface area contributed by atoms with E-state index in [2.05, 4.69) is 5.32 Å². The highest BCUT2D eigenvalue weighted by Crippen LogP contribution is 2.34. The van der Waals surface area contributed by atoms with Crippen LogP contribution in [-0.2, 0) is 24.3 Å². The van der Waals surface area contributed by atoms with Crippen molar-refractivity contribution in [2.75, 3.05) is 32.6 Å². The van der Waals surface area contributed by atoms with Crippen molar-refractivity contribution in [2.24, 2.45) is 4.99 Å². The molecular formula is C25H30N4O5S2. The lowest BCUT2D eigenvalue weighted by molar-refractivity contribution is -0.129. The minimum Gasteiger partial charge on any atom is -0.376 e. The minimum absolute atomic E-state index is 0.00648. The van der Waals surface area contributed by atoms with E-state index in [1.165, 1.54) is 31.9 Å². The van der Waals surface area contributed by atoms with E-state index >= 15 is 0 Å². The summed E-state index contributed by atoms with van der Waals surface area (Å²) in [6.07, 6.45) is 1.67. The second-order valence-corrected chi connectivity index (χ2v) is 12.3. The molecule has 2 aromatic rings. The summed E-state index contributed by atoms with van der Waals surface area (Å²) < 4.78 is 32.2. The highest BCUT2D eigenvalue weighted by atomic mass is 32.2. The predicted octanol–water partition coefficient (Wildman–Crippen LogP) is 3.38. The molecule has 2 amide bonds. The molecule has 0 spiro atoms. The number of amidine groups is 1. The number of aliphatic imine (C=N–C) groups is 1. The lowest BCUT2D eigenvalue weighted by atomic mass is 10.2. The quantitative estimate of drug-likeness (QED) is 0.561. The molecule has 0 saturated carbocycles. The number of thioether (sulfide) groups is 1. The van der Waals surface area contributed by atoms with E-state index in [0.717, 1.165) is 22.7 Å². The zero-order valence-corrected chi connectivity index (χ0v) is 22.1. The van der Waals surface area contributed by atoms with Gasteiger partial charge in [-0.1, -0.05) is 36.0 Å². The normalized spacial score (nSPS) is 21.5. The summed E-state index contributed by atoms with van der Waals surface area (Å²) in [5.41, 5.74) is 1.90. The van der Waals surface area contributed by atoms with Gasteiger partial charge in [0.1, 0.15) is 5.25 Å². The molecule has 36 heavy (non-hydrogen) atoms. The molecule has 2 aliphatic rings. The molecular weight excluding hydrogens is 500 g/mol. The number of sulfonamides is 1. The third-order valence-corrected chi connectivity index (χ3v) is 9.02. The van der Waals surface area contributed by atoms with Crippen molar-refractivity contribution < 1.29 is 22.7 Å². The smallest absolute Gasteiger partial charge is 0.242 e. The molecule has 2 fully saturated rings. The summed E-state index contributed by atoms with van der Waals surface area (Å²) >= 11 is 1.22. The molecule has 0 bridgehead atoms. The van der Waals surface area contributed by atoms with E-state index in [9.17, 15) is 18.0 Å². The average Bonchev–Trinajstić information content (AvgIpc) is 3.45. The Bertz CT molecular complexity index is 1260. The highest BCUT2D eigenvalue weighted by Gasteiger charge is 2.40. The first kappa shape index (κ1) is 26.3. The van der Waals surface area contributed by atoms with Gasteiger partial charge in [-0.15, -0.1) is 0 Å². The van der Waals surface area contributed by atoms with E-state index in [1.807, 2.05) is 25.1 Å². The first-order valence-corrected chi connectivity index (χ1v) is 14.0. The first-order chi connectivity index (χ1) is 17.1. The van der Waals surface area contributed by atoms with Crippen LogP contribution < -0.4 is 5.32 Å². The zero-order chi connectivity index (χ0) is 25.9. The number of hydrogen-bond donors (Lipinski definition) is 1. The molecule has 2 heterocycles. The van der Waals surface area contributed by atoms with Gasteiger partial charge < -0.3 is 10.1 Å². The summed E-state index contributed by atoms with van der Waals surface area (Å²) in [4.78, 5) is 32.5. The van der Waals surface area contributed by atoms with Crippen LogP contribution in [0.15, 0.2) is 58.4 Å². The average molecular weight is 531 g/mol. The van der Waals surface area contributed by atoms with Gasteiger partial charge in [-0.25, -0.2) is 17.7 Å². The number of nitrogens with zero attached hydrogens (tertiary/aromatic N) is 3. The largest absolute Gasteiger partial charge is 0.376 e. The Balaban J connectivity index is 1.61. The first-order valence-electron chi connectivity index (χ1n) is 11.7. The highest BCUT2D eigenvalue weighted by molar-refractivity contribution is 8.15. The van der Waals surface area contributed by atoms with Gasteiger partial charge in [0.15, 0.2) is 5.17 Å². The van der Waals surface area contributed by atoms with Crippen molar-refractivity contribution in [1.82, 2.24) is 9.21 Å². The predicted molar refractivity (Wildman–Crippen MR) is 141 cm³/mol. The van der Waals surface area contributed by atoms with Gasteiger partial charge in [0, 0.05) is 32.8 Å². The van der Waals surface area contributed by atoms with Crippen molar-refractivity contribution in [3.63, 3.8) is 0 Å². The summed E-state index contributed by atoms with van der Waals surface area (Å²) in [6, 6.07) is 13.8. The summed E-state index contributed by atoms with van der Waals surface area (Å²) in [5.74, 6) is -0.465. The lowest BCUT2D eigenvalue weighted by Gasteiger charge is -2.20. The number of benzene rings is 2. The number of hydrogen-bond acceptors (Lipinski definition) is 7. The Hall–Kier alpha value is -2.73. The van der Waals surface area contributed by atoms with E-state index in [-0.39, 0.29) is 29.2 Å². The third-order valence-electron chi connectivity index (χ3n) is 6.03. The second-order valence-electron chi connectivity index (χ2n) is 8.94. The van der Waals surface area contributed by atoms with Gasteiger partial charge in [-0.2, -0.15) is 0 Å². The molecule has 192 valence electrons. The molecule has 0 aliphatic carbocycles. The fourth-order valence-corrected chi connectivity index (χ4v) is 6.05. The molecule has 2 aliphatic heterocycles. The monoisotopic (exact) mass is 530 g/mol. The molecule has 4 rings (SSSR count). The van der Waals surface area contributed by atoms with Gasteiger partial charge in [0.25, 0.3) is 0 Å². The van der Waals surface area contributed by atoms with Gasteiger partial charge >= 0.3 is 0 Å². The van der Waals surface area contributed by atoms with Crippen LogP contribution in [0.2, 0.25) is 0 Å². The Morgan fingerprint density at radius 1 is 1.22 bits per heavy atom. The number of aryl methyl sites for hydroxylation is 1. The zero-order valence-electron chi connectivity index (χ0n) is 20.5. The van der Waals surface area contributed by atoms with Crippen molar-refractivity contribution >= 4 is 50.1 Å². The Labute approximate surface area is 216 Å². The van der Waals surface area contributed by atoms with Gasteiger partial charge in [0.05, 0.1) is 23.2 Å². The number of nitrogens with one attached hydrogen (secondary N) is 1. The molecule has 1 N–H and O–H groups in total. The summed E-state index contributed by atoms with van der Waals surface area (Å²) in [5, 5.41) is 2.63. The van der Waals surface area contributed by atoms with Crippen LogP contribution in [-0.4, -0.2) is 73.2 Å². The summed E-state index contributed by atoms with van der Waals surface area (Å²) in [7, 11) is -0.700. The van der Waals surface area contributed by atoms with Gasteiger partial charge in [-0.3, -0.25) is 14.5 Å². The van der Waals surface area contributed by atoms with Crippen molar-refractivity contribution in [1.29, 1.82) is 0 Å². The minimum atomic E-state index is -3.65. The molecule has 2 aromatic carbocycles. The molecule has 9 nitrogen and oxygen atoms in total. The number of ether oxygens (including phenoxy) is 1. The number of anilines is 1. The number of carbonyl (C=O) groups is 2.